The number of benzene rings is 6. The lowest BCUT2D eigenvalue weighted by Gasteiger charge is -2.26. The van der Waals surface area contributed by atoms with Crippen LogP contribution >= 0.6 is 15.8 Å². The van der Waals surface area contributed by atoms with E-state index in [1.807, 2.05) is 60.7 Å². The second kappa shape index (κ2) is 15.0. The summed E-state index contributed by atoms with van der Waals surface area (Å²) in [5.74, 6) is 0. The number of nitrogens with zero attached hydrogens (tertiary/aromatic N) is 2. The molecule has 44 heavy (non-hydrogen) atoms. The van der Waals surface area contributed by atoms with Crippen LogP contribution in [0, 0.1) is 0 Å². The molecule has 0 atom stereocenters. The Labute approximate surface area is 261 Å². The predicted octanol–water partition coefficient (Wildman–Crippen LogP) is 7.72. The smallest absolute Gasteiger partial charge is 0.152 e. The molecule has 0 amide bonds. The molecule has 6 rings (SSSR count). The van der Waals surface area contributed by atoms with E-state index in [1.165, 1.54) is 21.2 Å². The van der Waals surface area contributed by atoms with Crippen LogP contribution in [0.4, 0.5) is 11.4 Å². The number of aliphatic imine (C=N–C) groups is 2. The summed E-state index contributed by atoms with van der Waals surface area (Å²) in [6.07, 6.45) is 0. The molecule has 2 N–H and O–H groups in total. The first-order valence-corrected chi connectivity index (χ1v) is 17.1. The lowest BCUT2D eigenvalue weighted by atomic mass is 10.3. The molecule has 0 bridgehead atoms. The Bertz CT molecular complexity index is 1570. The zero-order valence-corrected chi connectivity index (χ0v) is 25.9. The molecule has 0 heterocycles. The summed E-state index contributed by atoms with van der Waals surface area (Å²) in [7, 11) is -2.05. The number of para-hydroxylation sites is 2. The molecule has 6 heteroatoms. The van der Waals surface area contributed by atoms with Crippen molar-refractivity contribution in [2.75, 3.05) is 0 Å². The van der Waals surface area contributed by atoms with Gasteiger partial charge in [0.15, 0.2) is 11.2 Å². The van der Waals surface area contributed by atoms with Crippen LogP contribution in [0.5, 0.6) is 0 Å². The molecule has 6 aromatic rings. The molecule has 0 fully saturated rings. The second-order valence-electron chi connectivity index (χ2n) is 9.80. The van der Waals surface area contributed by atoms with Crippen LogP contribution in [-0.4, -0.2) is 11.2 Å². The van der Waals surface area contributed by atoms with E-state index in [9.17, 15) is 0 Å². The molecule has 0 aliphatic heterocycles. The summed E-state index contributed by atoms with van der Waals surface area (Å²) in [5.41, 5.74) is 10.7. The van der Waals surface area contributed by atoms with E-state index in [-0.39, 0.29) is 0 Å². The average Bonchev–Trinajstić information content (AvgIpc) is 3.10. The molecule has 0 radical (unpaired) electrons. The van der Waals surface area contributed by atoms with Crippen molar-refractivity contribution in [3.05, 3.63) is 182 Å². The molecule has 0 unspecified atom stereocenters. The largest absolute Gasteiger partial charge is 0.282 e. The highest BCUT2D eigenvalue weighted by atomic mass is 31.1. The van der Waals surface area contributed by atoms with Crippen molar-refractivity contribution in [3.8, 4) is 0 Å². The van der Waals surface area contributed by atoms with E-state index in [1.54, 1.807) is 0 Å². The summed E-state index contributed by atoms with van der Waals surface area (Å²) < 4.78 is 0. The standard InChI is InChI=1S/C38H32N4P2/c1-7-19-31(20-8-1)39-37(43(33-23-11-3-12-24-33)34-25-13-4-14-26-34)41-42-38(40-32-21-9-2-10-22-32)44(35-27-15-5-16-28-35)36-29-17-6-18-30-36/h1-30H,(H,39,41)(H,40,42). The molecule has 6 aromatic carbocycles. The fourth-order valence-electron chi connectivity index (χ4n) is 4.72. The van der Waals surface area contributed by atoms with Gasteiger partial charge in [-0.05, 0) is 45.5 Å². The van der Waals surface area contributed by atoms with Crippen LogP contribution in [0.15, 0.2) is 192 Å². The Balaban J connectivity index is 1.47. The van der Waals surface area contributed by atoms with Crippen LogP contribution in [0.25, 0.3) is 0 Å². The Morgan fingerprint density at radius 3 is 0.795 bits per heavy atom. The maximum absolute atomic E-state index is 5.22. The van der Waals surface area contributed by atoms with Gasteiger partial charge in [0.1, 0.15) is 0 Å². The van der Waals surface area contributed by atoms with Gasteiger partial charge >= 0.3 is 0 Å². The van der Waals surface area contributed by atoms with Crippen LogP contribution in [0.3, 0.4) is 0 Å². The Hall–Kier alpha value is -4.88. The topological polar surface area (TPSA) is 48.8 Å². The van der Waals surface area contributed by atoms with Gasteiger partial charge in [0.25, 0.3) is 0 Å². The molecule has 0 saturated heterocycles. The quantitative estimate of drug-likeness (QED) is 0.0807. The summed E-state index contributed by atoms with van der Waals surface area (Å²) >= 11 is 0. The summed E-state index contributed by atoms with van der Waals surface area (Å²) in [6, 6.07) is 62.6. The first kappa shape index (κ1) is 29.2. The molecule has 0 saturated carbocycles. The third kappa shape index (κ3) is 7.54. The van der Waals surface area contributed by atoms with Crippen molar-refractivity contribution in [2.45, 2.75) is 0 Å². The molecular weight excluding hydrogens is 574 g/mol. The molecule has 4 nitrogen and oxygen atoms in total. The van der Waals surface area contributed by atoms with Gasteiger partial charge in [0.2, 0.25) is 0 Å². The normalized spacial score (nSPS) is 11.9. The van der Waals surface area contributed by atoms with Crippen molar-refractivity contribution in [3.63, 3.8) is 0 Å². The third-order valence-electron chi connectivity index (χ3n) is 6.75. The molecule has 214 valence electrons. The molecule has 0 aromatic heterocycles. The fourth-order valence-corrected chi connectivity index (χ4v) is 8.95. The Morgan fingerprint density at radius 2 is 0.545 bits per heavy atom. The van der Waals surface area contributed by atoms with E-state index in [0.717, 1.165) is 22.5 Å². The van der Waals surface area contributed by atoms with Gasteiger partial charge in [-0.25, -0.2) is 9.98 Å². The Morgan fingerprint density at radius 1 is 0.318 bits per heavy atom. The molecule has 0 aliphatic carbocycles. The zero-order chi connectivity index (χ0) is 29.8. The highest BCUT2D eigenvalue weighted by Crippen LogP contribution is 2.38. The van der Waals surface area contributed by atoms with Crippen molar-refractivity contribution in [2.24, 2.45) is 9.98 Å². The van der Waals surface area contributed by atoms with Gasteiger partial charge in [-0.2, -0.15) is 0 Å². The van der Waals surface area contributed by atoms with Crippen molar-refractivity contribution >= 4 is 59.6 Å². The van der Waals surface area contributed by atoms with Crippen LogP contribution in [-0.2, 0) is 0 Å². The second-order valence-corrected chi connectivity index (χ2v) is 14.1. The third-order valence-corrected chi connectivity index (χ3v) is 11.3. The van der Waals surface area contributed by atoms with Crippen molar-refractivity contribution in [1.82, 2.24) is 10.9 Å². The fraction of sp³-hybridized carbons (Fsp3) is 0. The van der Waals surface area contributed by atoms with Crippen LogP contribution in [0.2, 0.25) is 0 Å². The number of rotatable bonds is 8. The number of hydrazine groups is 1. The molecule has 0 aliphatic rings. The van der Waals surface area contributed by atoms with E-state index < -0.39 is 15.8 Å². The number of hydrogen-bond acceptors (Lipinski definition) is 2. The monoisotopic (exact) mass is 606 g/mol. The van der Waals surface area contributed by atoms with E-state index in [0.29, 0.717) is 0 Å². The van der Waals surface area contributed by atoms with E-state index >= 15 is 0 Å². The van der Waals surface area contributed by atoms with Crippen molar-refractivity contribution < 1.29 is 0 Å². The summed E-state index contributed by atoms with van der Waals surface area (Å²) in [5, 5.41) is 4.81. The van der Waals surface area contributed by atoms with E-state index in [2.05, 4.69) is 132 Å². The van der Waals surface area contributed by atoms with Gasteiger partial charge in [0, 0.05) is 15.8 Å². The summed E-state index contributed by atoms with van der Waals surface area (Å²) in [6.45, 7) is 0. The SMILES string of the molecule is c1ccc(N=C(NNC(=Nc2ccccc2)P(c2ccccc2)c2ccccc2)P(c2ccccc2)c2ccccc2)cc1. The maximum Gasteiger partial charge on any atom is 0.152 e. The lowest BCUT2D eigenvalue weighted by molar-refractivity contribution is 0.887. The van der Waals surface area contributed by atoms with Gasteiger partial charge in [-0.3, -0.25) is 10.9 Å². The minimum Gasteiger partial charge on any atom is -0.282 e. The highest BCUT2D eigenvalue weighted by Gasteiger charge is 2.25. The highest BCUT2D eigenvalue weighted by molar-refractivity contribution is 7.88. The Kier molecular flexibility index (Phi) is 9.97. The molecule has 0 spiro atoms. The summed E-state index contributed by atoms with van der Waals surface area (Å²) in [4.78, 5) is 10.4. The predicted molar refractivity (Wildman–Crippen MR) is 191 cm³/mol. The first-order valence-electron chi connectivity index (χ1n) is 14.5. The van der Waals surface area contributed by atoms with Gasteiger partial charge in [0.05, 0.1) is 11.4 Å². The zero-order valence-electron chi connectivity index (χ0n) is 24.1. The number of hydrogen-bond donors (Lipinski definition) is 2. The van der Waals surface area contributed by atoms with Gasteiger partial charge in [-0.15, -0.1) is 0 Å². The number of nitrogens with one attached hydrogen (secondary N) is 2. The van der Waals surface area contributed by atoms with E-state index in [4.69, 9.17) is 9.98 Å². The minimum atomic E-state index is -1.03. The lowest BCUT2D eigenvalue weighted by Crippen LogP contribution is -2.44. The van der Waals surface area contributed by atoms with Gasteiger partial charge in [-0.1, -0.05) is 158 Å². The van der Waals surface area contributed by atoms with Gasteiger partial charge < -0.3 is 0 Å². The molecular formula is C38H32N4P2. The maximum atomic E-state index is 5.22. The first-order chi connectivity index (χ1) is 21.8. The number of amidine groups is 2. The van der Waals surface area contributed by atoms with Crippen LogP contribution < -0.4 is 32.1 Å². The average molecular weight is 607 g/mol. The van der Waals surface area contributed by atoms with Crippen molar-refractivity contribution in [1.29, 1.82) is 0 Å². The van der Waals surface area contributed by atoms with Crippen LogP contribution in [0.1, 0.15) is 0 Å². The minimum absolute atomic E-state index is 0.834.